The fourth-order valence-corrected chi connectivity index (χ4v) is 4.50. The van der Waals surface area contributed by atoms with Gasteiger partial charge in [0.2, 0.25) is 0 Å². The van der Waals surface area contributed by atoms with Crippen molar-refractivity contribution in [3.05, 3.63) is 59.7 Å². The van der Waals surface area contributed by atoms with Gasteiger partial charge in [-0.05, 0) is 65.8 Å². The average Bonchev–Trinajstić information content (AvgIpc) is 2.65. The van der Waals surface area contributed by atoms with Gasteiger partial charge in [0.05, 0.1) is 0 Å². The van der Waals surface area contributed by atoms with Gasteiger partial charge in [-0.25, -0.2) is 8.78 Å². The van der Waals surface area contributed by atoms with Crippen LogP contribution in [-0.4, -0.2) is 0 Å². The standard InChI is InChI=1S/C24H30F2/c1-3-4-18-5-9-20(10-6-18)17(2)15-19-7-11-21(12-8-19)22-13-14-23(25)24(26)16-22/h7-8,11-14,16-18,20H,3-6,9-10,15H2,1-2H3. The predicted molar refractivity (Wildman–Crippen MR) is 105 cm³/mol. The lowest BCUT2D eigenvalue weighted by atomic mass is 9.74. The third-order valence-corrected chi connectivity index (χ3v) is 6.16. The highest BCUT2D eigenvalue weighted by atomic mass is 19.2. The molecule has 2 aromatic rings. The number of benzene rings is 2. The van der Waals surface area contributed by atoms with E-state index < -0.39 is 11.6 Å². The minimum absolute atomic E-state index is 0.701. The molecule has 0 nitrogen and oxygen atoms in total. The fourth-order valence-electron chi connectivity index (χ4n) is 4.50. The Kier molecular flexibility index (Phi) is 6.45. The van der Waals surface area contributed by atoms with Crippen molar-refractivity contribution in [2.75, 3.05) is 0 Å². The molecule has 2 aromatic carbocycles. The maximum atomic E-state index is 13.4. The average molecular weight is 357 g/mol. The van der Waals surface area contributed by atoms with Gasteiger partial charge in [-0.3, -0.25) is 0 Å². The quantitative estimate of drug-likeness (QED) is 0.505. The van der Waals surface area contributed by atoms with E-state index in [1.54, 1.807) is 6.07 Å². The molecular weight excluding hydrogens is 326 g/mol. The first kappa shape index (κ1) is 19.1. The van der Waals surface area contributed by atoms with Crippen LogP contribution in [0.4, 0.5) is 8.78 Å². The molecule has 0 spiro atoms. The van der Waals surface area contributed by atoms with Crippen LogP contribution in [-0.2, 0) is 6.42 Å². The topological polar surface area (TPSA) is 0 Å². The van der Waals surface area contributed by atoms with Crippen molar-refractivity contribution < 1.29 is 8.78 Å². The molecule has 0 saturated heterocycles. The number of hydrogen-bond donors (Lipinski definition) is 0. The Morgan fingerprint density at radius 3 is 2.15 bits per heavy atom. The summed E-state index contributed by atoms with van der Waals surface area (Å²) in [6.45, 7) is 4.67. The molecule has 3 rings (SSSR count). The second-order valence-electron chi connectivity index (χ2n) is 8.08. The van der Waals surface area contributed by atoms with Crippen molar-refractivity contribution >= 4 is 0 Å². The largest absolute Gasteiger partial charge is 0.204 e. The molecule has 0 N–H and O–H groups in total. The zero-order valence-corrected chi connectivity index (χ0v) is 16.0. The highest BCUT2D eigenvalue weighted by Gasteiger charge is 2.24. The van der Waals surface area contributed by atoms with E-state index in [1.807, 2.05) is 12.1 Å². The summed E-state index contributed by atoms with van der Waals surface area (Å²) in [5.74, 6) is 0.909. The Labute approximate surface area is 156 Å². The van der Waals surface area contributed by atoms with Gasteiger partial charge in [0.15, 0.2) is 11.6 Å². The summed E-state index contributed by atoms with van der Waals surface area (Å²) in [5.41, 5.74) is 2.98. The molecular formula is C24H30F2. The van der Waals surface area contributed by atoms with Crippen LogP contribution in [0.1, 0.15) is 57.9 Å². The van der Waals surface area contributed by atoms with E-state index in [4.69, 9.17) is 0 Å². The molecule has 1 saturated carbocycles. The van der Waals surface area contributed by atoms with E-state index >= 15 is 0 Å². The Bertz CT molecular complexity index is 697. The molecule has 0 aromatic heterocycles. The lowest BCUT2D eigenvalue weighted by Crippen LogP contribution is -2.21. The minimum atomic E-state index is -0.798. The first-order chi connectivity index (χ1) is 12.6. The molecule has 26 heavy (non-hydrogen) atoms. The third-order valence-electron chi connectivity index (χ3n) is 6.16. The van der Waals surface area contributed by atoms with Crippen molar-refractivity contribution in [3.8, 4) is 11.1 Å². The Morgan fingerprint density at radius 2 is 1.54 bits per heavy atom. The molecule has 1 aliphatic rings. The molecule has 0 heterocycles. The van der Waals surface area contributed by atoms with Crippen molar-refractivity contribution in [1.29, 1.82) is 0 Å². The van der Waals surface area contributed by atoms with Gasteiger partial charge in [0.1, 0.15) is 0 Å². The summed E-state index contributed by atoms with van der Waals surface area (Å²) in [5, 5.41) is 0. The molecule has 140 valence electrons. The second-order valence-corrected chi connectivity index (χ2v) is 8.08. The van der Waals surface area contributed by atoms with Crippen molar-refractivity contribution in [3.63, 3.8) is 0 Å². The van der Waals surface area contributed by atoms with Crippen LogP contribution in [0.15, 0.2) is 42.5 Å². The number of hydrogen-bond acceptors (Lipinski definition) is 0. The SMILES string of the molecule is CCCC1CCC(C(C)Cc2ccc(-c3ccc(F)c(F)c3)cc2)CC1. The maximum absolute atomic E-state index is 13.4. The summed E-state index contributed by atoms with van der Waals surface area (Å²) >= 11 is 0. The molecule has 0 radical (unpaired) electrons. The first-order valence-corrected chi connectivity index (χ1v) is 10.1. The third kappa shape index (κ3) is 4.72. The number of rotatable bonds is 6. The van der Waals surface area contributed by atoms with Crippen LogP contribution >= 0.6 is 0 Å². The minimum Gasteiger partial charge on any atom is -0.204 e. The normalized spacial score (nSPS) is 21.5. The van der Waals surface area contributed by atoms with E-state index in [1.165, 1.54) is 56.2 Å². The molecule has 1 fully saturated rings. The van der Waals surface area contributed by atoms with E-state index in [0.717, 1.165) is 29.4 Å². The Morgan fingerprint density at radius 1 is 0.885 bits per heavy atom. The predicted octanol–water partition coefficient (Wildman–Crippen LogP) is 7.42. The van der Waals surface area contributed by atoms with E-state index in [0.29, 0.717) is 5.92 Å². The molecule has 0 amide bonds. The van der Waals surface area contributed by atoms with Gasteiger partial charge in [-0.1, -0.05) is 69.9 Å². The van der Waals surface area contributed by atoms with Crippen molar-refractivity contribution in [2.24, 2.45) is 17.8 Å². The van der Waals surface area contributed by atoms with Crippen LogP contribution < -0.4 is 0 Å². The molecule has 0 bridgehead atoms. The second kappa shape index (κ2) is 8.79. The van der Waals surface area contributed by atoms with Crippen molar-refractivity contribution in [1.82, 2.24) is 0 Å². The summed E-state index contributed by atoms with van der Waals surface area (Å²) < 4.78 is 26.5. The zero-order valence-electron chi connectivity index (χ0n) is 16.0. The van der Waals surface area contributed by atoms with Gasteiger partial charge in [0.25, 0.3) is 0 Å². The van der Waals surface area contributed by atoms with Crippen LogP contribution in [0.5, 0.6) is 0 Å². The van der Waals surface area contributed by atoms with Crippen LogP contribution in [0, 0.1) is 29.4 Å². The first-order valence-electron chi connectivity index (χ1n) is 10.1. The van der Waals surface area contributed by atoms with Crippen LogP contribution in [0.25, 0.3) is 11.1 Å². The number of halogens is 2. The van der Waals surface area contributed by atoms with E-state index in [2.05, 4.69) is 26.0 Å². The summed E-state index contributed by atoms with van der Waals surface area (Å²) in [7, 11) is 0. The van der Waals surface area contributed by atoms with Crippen molar-refractivity contribution in [2.45, 2.75) is 58.8 Å². The molecule has 1 aliphatic carbocycles. The van der Waals surface area contributed by atoms with Gasteiger partial charge < -0.3 is 0 Å². The maximum Gasteiger partial charge on any atom is 0.159 e. The van der Waals surface area contributed by atoms with Gasteiger partial charge in [0, 0.05) is 0 Å². The van der Waals surface area contributed by atoms with Gasteiger partial charge in [-0.15, -0.1) is 0 Å². The fraction of sp³-hybridized carbons (Fsp3) is 0.500. The highest BCUT2D eigenvalue weighted by Crippen LogP contribution is 2.36. The summed E-state index contributed by atoms with van der Waals surface area (Å²) in [6.07, 6.45) is 9.36. The lowest BCUT2D eigenvalue weighted by Gasteiger charge is -2.32. The molecule has 0 aliphatic heterocycles. The van der Waals surface area contributed by atoms with Gasteiger partial charge >= 0.3 is 0 Å². The highest BCUT2D eigenvalue weighted by molar-refractivity contribution is 5.63. The molecule has 1 unspecified atom stereocenters. The Hall–Kier alpha value is -1.70. The molecule has 1 atom stereocenters. The van der Waals surface area contributed by atoms with Gasteiger partial charge in [-0.2, -0.15) is 0 Å². The Balaban J connectivity index is 1.58. The van der Waals surface area contributed by atoms with E-state index in [-0.39, 0.29) is 0 Å². The monoisotopic (exact) mass is 356 g/mol. The zero-order chi connectivity index (χ0) is 18.5. The summed E-state index contributed by atoms with van der Waals surface area (Å²) in [4.78, 5) is 0. The van der Waals surface area contributed by atoms with E-state index in [9.17, 15) is 8.78 Å². The van der Waals surface area contributed by atoms with Crippen LogP contribution in [0.3, 0.4) is 0 Å². The summed E-state index contributed by atoms with van der Waals surface area (Å²) in [6, 6.07) is 12.4. The smallest absolute Gasteiger partial charge is 0.159 e. The van der Waals surface area contributed by atoms with Crippen LogP contribution in [0.2, 0.25) is 0 Å². The lowest BCUT2D eigenvalue weighted by molar-refractivity contribution is 0.206. The molecule has 2 heteroatoms.